The summed E-state index contributed by atoms with van der Waals surface area (Å²) in [5, 5.41) is 11.7. The van der Waals surface area contributed by atoms with Crippen LogP contribution in [0.25, 0.3) is 0 Å². The SMILES string of the molecule is CCCOCCOCCOCCC(=O)NC(CCCCn1nnc2c1CCC1C(CCC)C1CC2)C(N)=O. The monoisotopic (exact) mass is 535 g/mol. The Morgan fingerprint density at radius 1 is 0.974 bits per heavy atom. The summed E-state index contributed by atoms with van der Waals surface area (Å²) in [5.41, 5.74) is 8.01. The molecule has 0 aliphatic heterocycles. The minimum Gasteiger partial charge on any atom is -0.379 e. The molecule has 2 aliphatic carbocycles. The predicted octanol–water partition coefficient (Wildman–Crippen LogP) is 2.81. The van der Waals surface area contributed by atoms with Gasteiger partial charge in [-0.1, -0.05) is 31.9 Å². The molecule has 2 aliphatic rings. The first-order chi connectivity index (χ1) is 18.5. The molecule has 3 N–H and O–H groups in total. The Labute approximate surface area is 227 Å². The van der Waals surface area contributed by atoms with Gasteiger partial charge in [0.2, 0.25) is 11.8 Å². The summed E-state index contributed by atoms with van der Waals surface area (Å²) in [6, 6.07) is -0.673. The van der Waals surface area contributed by atoms with E-state index in [1.807, 2.05) is 0 Å². The first-order valence-corrected chi connectivity index (χ1v) is 14.8. The normalized spacial score (nSPS) is 21.2. The zero-order chi connectivity index (χ0) is 27.2. The van der Waals surface area contributed by atoms with Gasteiger partial charge in [-0.3, -0.25) is 9.59 Å². The molecule has 0 saturated heterocycles. The van der Waals surface area contributed by atoms with Crippen LogP contribution >= 0.6 is 0 Å². The largest absolute Gasteiger partial charge is 0.379 e. The molecule has 4 atom stereocenters. The van der Waals surface area contributed by atoms with E-state index >= 15 is 0 Å². The molecular weight excluding hydrogens is 486 g/mol. The number of carbonyl (C=O) groups is 2. The fourth-order valence-electron chi connectivity index (χ4n) is 5.78. The van der Waals surface area contributed by atoms with Crippen molar-refractivity contribution in [3.05, 3.63) is 11.4 Å². The third kappa shape index (κ3) is 9.93. The highest BCUT2D eigenvalue weighted by molar-refractivity contribution is 5.86. The van der Waals surface area contributed by atoms with Crippen molar-refractivity contribution in [2.45, 2.75) is 97.1 Å². The lowest BCUT2D eigenvalue weighted by Crippen LogP contribution is -2.44. The number of aryl methyl sites for hydroxylation is 2. The molecule has 0 aromatic carbocycles. The number of carbonyl (C=O) groups excluding carboxylic acids is 2. The highest BCUT2D eigenvalue weighted by Gasteiger charge is 2.48. The van der Waals surface area contributed by atoms with Crippen molar-refractivity contribution in [2.24, 2.45) is 23.5 Å². The summed E-state index contributed by atoms with van der Waals surface area (Å²) in [5.74, 6) is 1.97. The number of fused-ring (bicyclic) bond motifs is 2. The van der Waals surface area contributed by atoms with Crippen LogP contribution < -0.4 is 11.1 Å². The topological polar surface area (TPSA) is 131 Å². The molecule has 1 heterocycles. The van der Waals surface area contributed by atoms with Crippen LogP contribution in [-0.2, 0) is 43.2 Å². The van der Waals surface area contributed by atoms with E-state index in [1.54, 1.807) is 0 Å². The maximum absolute atomic E-state index is 12.3. The van der Waals surface area contributed by atoms with Crippen molar-refractivity contribution in [3.63, 3.8) is 0 Å². The Morgan fingerprint density at radius 2 is 1.66 bits per heavy atom. The second-order valence-corrected chi connectivity index (χ2v) is 10.7. The number of aromatic nitrogens is 3. The van der Waals surface area contributed by atoms with Crippen LogP contribution in [0, 0.1) is 17.8 Å². The van der Waals surface area contributed by atoms with E-state index in [0.29, 0.717) is 32.8 Å². The van der Waals surface area contributed by atoms with Gasteiger partial charge < -0.3 is 25.3 Å². The standard InChI is InChI=1S/C28H49N5O5/c1-3-7-21-22-9-11-24-26(12-10-23(21)22)33(32-31-24)14-6-5-8-25(28(29)35)30-27(34)13-16-37-18-20-38-19-17-36-15-4-2/h21-23,25H,3-20H2,1-2H3,(H2,29,35)(H,30,34). The highest BCUT2D eigenvalue weighted by atomic mass is 16.5. The molecule has 1 aromatic rings. The van der Waals surface area contributed by atoms with E-state index in [-0.39, 0.29) is 18.9 Å². The molecule has 1 aromatic heterocycles. The average molecular weight is 536 g/mol. The third-order valence-corrected chi connectivity index (χ3v) is 7.84. The first kappa shape index (κ1) is 30.5. The Hall–Kier alpha value is -2.04. The summed E-state index contributed by atoms with van der Waals surface area (Å²) in [4.78, 5) is 24.2. The number of primary amides is 1. The molecule has 1 fully saturated rings. The van der Waals surface area contributed by atoms with Crippen molar-refractivity contribution >= 4 is 11.8 Å². The van der Waals surface area contributed by atoms with E-state index in [1.165, 1.54) is 37.1 Å². The number of hydrogen-bond donors (Lipinski definition) is 2. The lowest BCUT2D eigenvalue weighted by atomic mass is 10.0. The lowest BCUT2D eigenvalue weighted by Gasteiger charge is -2.16. The molecular formula is C28H49N5O5. The molecule has 0 radical (unpaired) electrons. The maximum atomic E-state index is 12.3. The van der Waals surface area contributed by atoms with Gasteiger partial charge in [0.05, 0.1) is 44.4 Å². The van der Waals surface area contributed by atoms with Gasteiger partial charge in [-0.2, -0.15) is 0 Å². The molecule has 216 valence electrons. The zero-order valence-corrected chi connectivity index (χ0v) is 23.5. The summed E-state index contributed by atoms with van der Waals surface area (Å²) in [6.45, 7) is 8.10. The van der Waals surface area contributed by atoms with Gasteiger partial charge >= 0.3 is 0 Å². The molecule has 0 spiro atoms. The smallest absolute Gasteiger partial charge is 0.239 e. The van der Waals surface area contributed by atoms with Crippen LogP contribution in [0.4, 0.5) is 0 Å². The van der Waals surface area contributed by atoms with Crippen LogP contribution in [0.1, 0.15) is 83.0 Å². The number of hydrogen-bond acceptors (Lipinski definition) is 7. The summed E-state index contributed by atoms with van der Waals surface area (Å²) < 4.78 is 18.2. The molecule has 10 heteroatoms. The van der Waals surface area contributed by atoms with Crippen LogP contribution in [0.5, 0.6) is 0 Å². The van der Waals surface area contributed by atoms with Crippen LogP contribution in [-0.4, -0.2) is 72.5 Å². The number of rotatable bonds is 20. The molecule has 1 saturated carbocycles. The number of unbranched alkanes of at least 4 members (excludes halogenated alkanes) is 1. The Balaban J connectivity index is 1.28. The number of nitrogens with two attached hydrogens (primary N) is 1. The van der Waals surface area contributed by atoms with Crippen LogP contribution in [0.3, 0.4) is 0 Å². The number of ether oxygens (including phenoxy) is 3. The fourth-order valence-corrected chi connectivity index (χ4v) is 5.78. The van der Waals surface area contributed by atoms with Gasteiger partial charge in [0.15, 0.2) is 0 Å². The van der Waals surface area contributed by atoms with E-state index in [0.717, 1.165) is 63.0 Å². The van der Waals surface area contributed by atoms with E-state index in [4.69, 9.17) is 19.9 Å². The van der Waals surface area contributed by atoms with E-state index < -0.39 is 11.9 Å². The van der Waals surface area contributed by atoms with Gasteiger partial charge in [0, 0.05) is 19.6 Å². The van der Waals surface area contributed by atoms with Crippen molar-refractivity contribution in [2.75, 3.05) is 39.6 Å². The molecule has 3 rings (SSSR count). The second-order valence-electron chi connectivity index (χ2n) is 10.7. The molecule has 4 unspecified atom stereocenters. The van der Waals surface area contributed by atoms with Crippen molar-refractivity contribution in [1.29, 1.82) is 0 Å². The first-order valence-electron chi connectivity index (χ1n) is 14.8. The van der Waals surface area contributed by atoms with E-state index in [9.17, 15) is 9.59 Å². The van der Waals surface area contributed by atoms with Gasteiger partial charge in [-0.05, 0) is 69.1 Å². The number of nitrogens with zero attached hydrogens (tertiary/aromatic N) is 3. The minimum absolute atomic E-state index is 0.176. The Kier molecular flexibility index (Phi) is 13.5. The van der Waals surface area contributed by atoms with Gasteiger partial charge in [-0.25, -0.2) is 4.68 Å². The quantitative estimate of drug-likeness (QED) is 0.246. The molecule has 0 bridgehead atoms. The summed E-state index contributed by atoms with van der Waals surface area (Å²) in [6.07, 6.45) is 10.5. The number of amides is 2. The third-order valence-electron chi connectivity index (χ3n) is 7.84. The van der Waals surface area contributed by atoms with Crippen LogP contribution in [0.2, 0.25) is 0 Å². The number of nitrogens with one attached hydrogen (secondary N) is 1. The Morgan fingerprint density at radius 3 is 2.34 bits per heavy atom. The van der Waals surface area contributed by atoms with Gasteiger partial charge in [0.1, 0.15) is 6.04 Å². The lowest BCUT2D eigenvalue weighted by molar-refractivity contribution is -0.128. The maximum Gasteiger partial charge on any atom is 0.239 e. The summed E-state index contributed by atoms with van der Waals surface area (Å²) in [7, 11) is 0. The van der Waals surface area contributed by atoms with Crippen molar-refractivity contribution in [1.82, 2.24) is 20.3 Å². The zero-order valence-electron chi connectivity index (χ0n) is 23.5. The Bertz CT molecular complexity index is 848. The van der Waals surface area contributed by atoms with Gasteiger partial charge in [-0.15, -0.1) is 5.10 Å². The predicted molar refractivity (Wildman–Crippen MR) is 144 cm³/mol. The van der Waals surface area contributed by atoms with Crippen molar-refractivity contribution in [3.8, 4) is 0 Å². The molecule has 38 heavy (non-hydrogen) atoms. The fraction of sp³-hybridized carbons (Fsp3) is 0.857. The average Bonchev–Trinajstić information content (AvgIpc) is 3.38. The highest BCUT2D eigenvalue weighted by Crippen LogP contribution is 2.55. The molecule has 2 amide bonds. The van der Waals surface area contributed by atoms with E-state index in [2.05, 4.69) is 34.2 Å². The van der Waals surface area contributed by atoms with Gasteiger partial charge in [0.25, 0.3) is 0 Å². The van der Waals surface area contributed by atoms with Crippen LogP contribution in [0.15, 0.2) is 0 Å². The summed E-state index contributed by atoms with van der Waals surface area (Å²) >= 11 is 0. The molecule has 10 nitrogen and oxygen atoms in total. The minimum atomic E-state index is -0.673. The second kappa shape index (κ2) is 16.8. The van der Waals surface area contributed by atoms with Crippen molar-refractivity contribution < 1.29 is 23.8 Å².